The molecule has 0 aliphatic carbocycles. The number of hydrogen-bond donors (Lipinski definition) is 3. The Hall–Kier alpha value is -1.83. The first-order valence-corrected chi connectivity index (χ1v) is 10.1. The summed E-state index contributed by atoms with van der Waals surface area (Å²) in [6, 6.07) is 9.54. The van der Waals surface area contributed by atoms with Gasteiger partial charge in [-0.05, 0) is 60.7 Å². The second-order valence-electron chi connectivity index (χ2n) is 7.69. The van der Waals surface area contributed by atoms with Crippen LogP contribution in [0.2, 0.25) is 5.02 Å². The largest absolute Gasteiger partial charge is 0.486 e. The summed E-state index contributed by atoms with van der Waals surface area (Å²) in [5, 5.41) is 31.2. The number of hydrogen-bond acceptors (Lipinski definition) is 6. The van der Waals surface area contributed by atoms with Crippen LogP contribution in [-0.2, 0) is 11.2 Å². The number of aryl methyl sites for hydroxylation is 1. The molecule has 0 spiro atoms. The Labute approximate surface area is 174 Å². The van der Waals surface area contributed by atoms with Crippen molar-refractivity contribution in [3.63, 3.8) is 0 Å². The molecule has 7 heteroatoms. The van der Waals surface area contributed by atoms with E-state index in [0.717, 1.165) is 28.0 Å². The molecular formula is C22H25ClO6. The highest BCUT2D eigenvalue weighted by atomic mass is 35.5. The fourth-order valence-electron chi connectivity index (χ4n) is 3.90. The fourth-order valence-corrected chi connectivity index (χ4v) is 4.19. The van der Waals surface area contributed by atoms with Gasteiger partial charge in [0.2, 0.25) is 0 Å². The van der Waals surface area contributed by atoms with Crippen molar-refractivity contribution in [2.45, 2.75) is 50.8 Å². The lowest BCUT2D eigenvalue weighted by atomic mass is 9.88. The first-order valence-electron chi connectivity index (χ1n) is 9.72. The number of benzene rings is 2. The molecule has 1 saturated heterocycles. The summed E-state index contributed by atoms with van der Waals surface area (Å²) in [5.74, 6) is 1.45. The highest BCUT2D eigenvalue weighted by molar-refractivity contribution is 6.31. The molecule has 2 aliphatic heterocycles. The van der Waals surface area contributed by atoms with E-state index in [-0.39, 0.29) is 0 Å². The Morgan fingerprint density at radius 3 is 2.45 bits per heavy atom. The fraction of sp³-hybridized carbons (Fsp3) is 0.455. The third kappa shape index (κ3) is 3.96. The molecule has 3 N–H and O–H groups in total. The van der Waals surface area contributed by atoms with E-state index in [1.807, 2.05) is 37.3 Å². The van der Waals surface area contributed by atoms with Crippen molar-refractivity contribution < 1.29 is 29.5 Å². The molecule has 2 aliphatic rings. The van der Waals surface area contributed by atoms with Crippen molar-refractivity contribution in [1.82, 2.24) is 0 Å². The molecule has 0 aromatic heterocycles. The lowest BCUT2D eigenvalue weighted by Crippen LogP contribution is -2.53. The normalized spacial score (nSPS) is 29.0. The van der Waals surface area contributed by atoms with Gasteiger partial charge >= 0.3 is 0 Å². The van der Waals surface area contributed by atoms with E-state index >= 15 is 0 Å². The molecule has 156 valence electrons. The Balaban J connectivity index is 1.64. The Kier molecular flexibility index (Phi) is 5.73. The van der Waals surface area contributed by atoms with Crippen molar-refractivity contribution >= 4 is 11.6 Å². The first-order chi connectivity index (χ1) is 13.8. The van der Waals surface area contributed by atoms with E-state index in [2.05, 4.69) is 0 Å². The maximum Gasteiger partial charge on any atom is 0.161 e. The molecule has 2 heterocycles. The van der Waals surface area contributed by atoms with Crippen molar-refractivity contribution in [2.24, 2.45) is 0 Å². The summed E-state index contributed by atoms with van der Waals surface area (Å²) in [6.45, 7) is 4.62. The van der Waals surface area contributed by atoms with Crippen LogP contribution in [0.4, 0.5) is 0 Å². The quantitative estimate of drug-likeness (QED) is 0.707. The van der Waals surface area contributed by atoms with Gasteiger partial charge in [-0.1, -0.05) is 23.7 Å². The van der Waals surface area contributed by atoms with Gasteiger partial charge in [0.15, 0.2) is 11.5 Å². The summed E-state index contributed by atoms with van der Waals surface area (Å²) < 4.78 is 17.1. The van der Waals surface area contributed by atoms with Crippen molar-refractivity contribution in [3.05, 3.63) is 57.6 Å². The zero-order valence-electron chi connectivity index (χ0n) is 16.3. The van der Waals surface area contributed by atoms with E-state index in [1.165, 1.54) is 0 Å². The van der Waals surface area contributed by atoms with Crippen molar-refractivity contribution in [3.8, 4) is 11.5 Å². The van der Waals surface area contributed by atoms with Gasteiger partial charge in [-0.15, -0.1) is 0 Å². The Bertz CT molecular complexity index is 901. The number of aliphatic hydroxyl groups excluding tert-OH is 3. The summed E-state index contributed by atoms with van der Waals surface area (Å²) in [7, 11) is 0. The second-order valence-corrected chi connectivity index (χ2v) is 8.10. The van der Waals surface area contributed by atoms with Crippen LogP contribution >= 0.6 is 11.6 Å². The average molecular weight is 421 g/mol. The van der Waals surface area contributed by atoms with Crippen LogP contribution in [0.15, 0.2) is 30.3 Å². The summed E-state index contributed by atoms with van der Waals surface area (Å²) in [4.78, 5) is 0. The van der Waals surface area contributed by atoms with Crippen molar-refractivity contribution in [1.29, 1.82) is 0 Å². The van der Waals surface area contributed by atoms with Crippen molar-refractivity contribution in [2.75, 3.05) is 13.2 Å². The maximum absolute atomic E-state index is 10.5. The predicted molar refractivity (Wildman–Crippen MR) is 108 cm³/mol. The highest BCUT2D eigenvalue weighted by Crippen LogP contribution is 2.37. The highest BCUT2D eigenvalue weighted by Gasteiger charge is 2.42. The number of fused-ring (bicyclic) bond motifs is 1. The molecule has 4 rings (SSSR count). The minimum Gasteiger partial charge on any atom is -0.486 e. The number of aliphatic hydroxyl groups is 3. The standard InChI is InChI=1S/C22H25ClO6/c1-11-7-16(23)14(8-13-3-4-17-18(9-13)28-6-5-27-17)10-15(11)22-21(26)20(25)19(24)12(2)29-22/h3-4,7,9-10,12,19-22,24-26H,5-6,8H2,1-2H3/t12-,19-,20+,21-,22+/m1/s1. The molecule has 1 fully saturated rings. The molecule has 0 unspecified atom stereocenters. The van der Waals surface area contributed by atoms with E-state index in [0.29, 0.717) is 30.4 Å². The smallest absolute Gasteiger partial charge is 0.161 e. The molecular weight excluding hydrogens is 396 g/mol. The van der Waals surface area contributed by atoms with E-state index in [1.54, 1.807) is 6.92 Å². The Morgan fingerprint density at radius 2 is 1.69 bits per heavy atom. The molecule has 0 amide bonds. The molecule has 0 bridgehead atoms. The van der Waals surface area contributed by atoms with Gasteiger partial charge in [0.25, 0.3) is 0 Å². The summed E-state index contributed by atoms with van der Waals surface area (Å²) in [5.41, 5.74) is 3.47. The Morgan fingerprint density at radius 1 is 0.966 bits per heavy atom. The minimum absolute atomic E-state index is 0.523. The minimum atomic E-state index is -1.28. The average Bonchev–Trinajstić information content (AvgIpc) is 2.71. The van der Waals surface area contributed by atoms with Crippen LogP contribution in [-0.4, -0.2) is 52.9 Å². The SMILES string of the molecule is Cc1cc(Cl)c(Cc2ccc3c(c2)OCCO3)cc1[C@@H]1O[C@H](C)[C@@H](O)[C@H](O)[C@H]1O. The number of halogens is 1. The lowest BCUT2D eigenvalue weighted by molar-refractivity contribution is -0.219. The lowest BCUT2D eigenvalue weighted by Gasteiger charge is -2.40. The van der Waals surface area contributed by atoms with E-state index in [4.69, 9.17) is 25.8 Å². The topological polar surface area (TPSA) is 88.4 Å². The number of rotatable bonds is 3. The molecule has 29 heavy (non-hydrogen) atoms. The summed E-state index contributed by atoms with van der Waals surface area (Å²) in [6.07, 6.45) is -4.43. The molecule has 2 aromatic carbocycles. The molecule has 0 radical (unpaired) electrons. The number of ether oxygens (including phenoxy) is 3. The monoisotopic (exact) mass is 420 g/mol. The van der Waals surface area contributed by atoms with Gasteiger partial charge in [-0.3, -0.25) is 0 Å². The van der Waals surface area contributed by atoms with Gasteiger partial charge in [0.05, 0.1) is 6.10 Å². The molecule has 0 saturated carbocycles. The first kappa shape index (κ1) is 20.4. The van der Waals surface area contributed by atoms with Crippen LogP contribution in [0, 0.1) is 6.92 Å². The van der Waals surface area contributed by atoms with Crippen LogP contribution in [0.3, 0.4) is 0 Å². The van der Waals surface area contributed by atoms with Gasteiger partial charge in [0.1, 0.15) is 37.6 Å². The third-order valence-corrected chi connectivity index (χ3v) is 5.95. The van der Waals surface area contributed by atoms with Crippen LogP contribution in [0.1, 0.15) is 35.3 Å². The predicted octanol–water partition coefficient (Wildman–Crippen LogP) is 2.55. The molecule has 6 nitrogen and oxygen atoms in total. The zero-order valence-corrected chi connectivity index (χ0v) is 17.1. The van der Waals surface area contributed by atoms with Crippen LogP contribution in [0.5, 0.6) is 11.5 Å². The van der Waals surface area contributed by atoms with Crippen LogP contribution < -0.4 is 9.47 Å². The zero-order chi connectivity index (χ0) is 20.7. The van der Waals surface area contributed by atoms with Gasteiger partial charge in [0, 0.05) is 5.02 Å². The van der Waals surface area contributed by atoms with Gasteiger partial charge in [-0.2, -0.15) is 0 Å². The molecule has 2 aromatic rings. The van der Waals surface area contributed by atoms with E-state index < -0.39 is 30.5 Å². The second kappa shape index (κ2) is 8.13. The third-order valence-electron chi connectivity index (χ3n) is 5.59. The van der Waals surface area contributed by atoms with Gasteiger partial charge < -0.3 is 29.5 Å². The molecule has 5 atom stereocenters. The summed E-state index contributed by atoms with van der Waals surface area (Å²) >= 11 is 6.50. The maximum atomic E-state index is 10.5. The van der Waals surface area contributed by atoms with Gasteiger partial charge in [-0.25, -0.2) is 0 Å². The van der Waals surface area contributed by atoms with E-state index in [9.17, 15) is 15.3 Å². The van der Waals surface area contributed by atoms with Crippen LogP contribution in [0.25, 0.3) is 0 Å².